The molecular formula is C44H46N2O12. The van der Waals surface area contributed by atoms with E-state index in [0.717, 1.165) is 29.7 Å². The molecule has 14 nitrogen and oxygen atoms in total. The van der Waals surface area contributed by atoms with Gasteiger partial charge in [0.2, 0.25) is 0 Å². The lowest BCUT2D eigenvalue weighted by Crippen LogP contribution is -2.61. The van der Waals surface area contributed by atoms with Crippen molar-refractivity contribution < 1.29 is 52.0 Å². The number of H-pyrrole nitrogens is 1. The Labute approximate surface area is 334 Å². The highest BCUT2D eigenvalue weighted by Crippen LogP contribution is 2.37. The number of hydrogen-bond acceptors (Lipinski definition) is 12. The molecule has 2 aliphatic rings. The number of fused-ring (bicyclic) bond motifs is 1. The van der Waals surface area contributed by atoms with Gasteiger partial charge in [0.15, 0.2) is 17.6 Å². The Bertz CT molecular complexity index is 2270. The predicted molar refractivity (Wildman–Crippen MR) is 210 cm³/mol. The van der Waals surface area contributed by atoms with Crippen LogP contribution >= 0.6 is 0 Å². The summed E-state index contributed by atoms with van der Waals surface area (Å²) < 4.78 is 48.3. The van der Waals surface area contributed by atoms with E-state index in [4.69, 9.17) is 37.6 Å². The SMILES string of the molecule is CCOC(=O)c1c(OCc2ccccc2)c2ccc(O[C@@H]3CN(C(=O)OCc4ccccc4)C[C@@H](OC(=O)c4ccc(C)[nH]4)[C@H]3OC3CCCCO3)c(C)c2oc1=O. The number of rotatable bonds is 13. The maximum atomic E-state index is 13.7. The van der Waals surface area contributed by atoms with Gasteiger partial charge in [-0.05, 0) is 75.4 Å². The number of hydrogen-bond donors (Lipinski definition) is 1. The van der Waals surface area contributed by atoms with E-state index >= 15 is 0 Å². The number of esters is 2. The zero-order chi connectivity index (χ0) is 40.6. The normalized spacial score (nSPS) is 19.3. The molecule has 2 aliphatic heterocycles. The van der Waals surface area contributed by atoms with E-state index in [0.29, 0.717) is 24.0 Å². The van der Waals surface area contributed by atoms with Crippen LogP contribution in [0, 0.1) is 13.8 Å². The second-order valence-corrected chi connectivity index (χ2v) is 14.2. The van der Waals surface area contributed by atoms with E-state index in [9.17, 15) is 19.2 Å². The number of benzene rings is 3. The molecule has 2 fully saturated rings. The summed E-state index contributed by atoms with van der Waals surface area (Å²) in [6.07, 6.45) is -1.77. The number of aromatic nitrogens is 1. The molecule has 0 radical (unpaired) electrons. The quantitative estimate of drug-likeness (QED) is 0.0736. The number of aryl methyl sites for hydroxylation is 2. The van der Waals surface area contributed by atoms with Gasteiger partial charge in [0.05, 0.1) is 25.1 Å². The maximum Gasteiger partial charge on any atom is 0.410 e. The number of piperidine rings is 1. The van der Waals surface area contributed by atoms with Crippen molar-refractivity contribution in [2.45, 2.75) is 77.8 Å². The number of aromatic amines is 1. The molecule has 1 unspecified atom stereocenters. The topological polar surface area (TPSA) is 165 Å². The van der Waals surface area contributed by atoms with E-state index in [1.807, 2.05) is 67.6 Å². The molecule has 1 N–H and O–H groups in total. The average molecular weight is 795 g/mol. The summed E-state index contributed by atoms with van der Waals surface area (Å²) in [5, 5.41) is 0.342. The zero-order valence-electron chi connectivity index (χ0n) is 32.6. The fraction of sp³-hybridized carbons (Fsp3) is 0.364. The molecule has 0 saturated carbocycles. The van der Waals surface area contributed by atoms with Gasteiger partial charge >= 0.3 is 23.7 Å². The number of nitrogens with zero attached hydrogens (tertiary/aromatic N) is 1. The van der Waals surface area contributed by atoms with Crippen molar-refractivity contribution in [2.24, 2.45) is 0 Å². The van der Waals surface area contributed by atoms with Crippen LogP contribution < -0.4 is 15.1 Å². The second kappa shape index (κ2) is 18.4. The molecule has 58 heavy (non-hydrogen) atoms. The lowest BCUT2D eigenvalue weighted by Gasteiger charge is -2.43. The molecule has 4 heterocycles. The molecule has 14 heteroatoms. The number of ether oxygens (including phenoxy) is 7. The molecule has 7 rings (SSSR count). The van der Waals surface area contributed by atoms with Gasteiger partial charge in [-0.2, -0.15) is 0 Å². The standard InChI is InChI=1S/C44H46N2O12/c1-4-51-42(48)37-39(53-25-29-13-7-5-8-14-29)31-19-21-33(28(3)38(31)58-43(37)49)55-34-23-46(44(50)54-26-30-15-9-6-10-16-30)24-35(40(34)57-36-17-11-12-22-52-36)56-41(47)32-20-18-27(2)45-32/h5-10,13-16,18-21,34-36,40,45H,4,11-12,17,22-26H2,1-3H3/t34-,35-,36?,40+/m1/s1. The fourth-order valence-corrected chi connectivity index (χ4v) is 7.02. The molecule has 0 spiro atoms. The summed E-state index contributed by atoms with van der Waals surface area (Å²) in [5.74, 6) is -1.23. The maximum absolute atomic E-state index is 13.7. The molecule has 2 saturated heterocycles. The van der Waals surface area contributed by atoms with Gasteiger partial charge in [-0.15, -0.1) is 0 Å². The molecule has 2 aromatic heterocycles. The first-order valence-electron chi connectivity index (χ1n) is 19.4. The van der Waals surface area contributed by atoms with E-state index in [2.05, 4.69) is 4.98 Å². The molecular weight excluding hydrogens is 748 g/mol. The van der Waals surface area contributed by atoms with Crippen LogP contribution in [0.2, 0.25) is 0 Å². The van der Waals surface area contributed by atoms with Crippen LogP contribution in [-0.4, -0.2) is 78.8 Å². The van der Waals surface area contributed by atoms with Crippen molar-refractivity contribution in [3.8, 4) is 11.5 Å². The van der Waals surface area contributed by atoms with E-state index in [1.54, 1.807) is 38.1 Å². The van der Waals surface area contributed by atoms with Crippen LogP contribution in [0.4, 0.5) is 4.79 Å². The molecule has 0 bridgehead atoms. The highest BCUT2D eigenvalue weighted by Gasteiger charge is 2.45. The fourth-order valence-electron chi connectivity index (χ4n) is 7.02. The third-order valence-electron chi connectivity index (χ3n) is 9.96. The molecule has 5 aromatic rings. The largest absolute Gasteiger partial charge is 0.487 e. The Balaban J connectivity index is 1.24. The summed E-state index contributed by atoms with van der Waals surface area (Å²) in [7, 11) is 0. The smallest absolute Gasteiger partial charge is 0.410 e. The van der Waals surface area contributed by atoms with Crippen molar-refractivity contribution in [2.75, 3.05) is 26.3 Å². The average Bonchev–Trinajstić information content (AvgIpc) is 3.68. The van der Waals surface area contributed by atoms with Gasteiger partial charge in [0, 0.05) is 17.9 Å². The van der Waals surface area contributed by atoms with E-state index in [1.165, 1.54) is 4.90 Å². The number of likely N-dealkylation sites (tertiary alicyclic amines) is 1. The first kappa shape index (κ1) is 40.1. The molecule has 304 valence electrons. The van der Waals surface area contributed by atoms with Crippen LogP contribution in [0.15, 0.2) is 94.1 Å². The minimum atomic E-state index is -1.02. The number of nitrogens with one attached hydrogen (secondary N) is 1. The number of carbonyl (C=O) groups is 3. The summed E-state index contributed by atoms with van der Waals surface area (Å²) in [4.78, 5) is 58.3. The molecule has 0 aliphatic carbocycles. The van der Waals surface area contributed by atoms with Crippen molar-refractivity contribution >= 4 is 29.0 Å². The minimum absolute atomic E-state index is 0.00962. The van der Waals surface area contributed by atoms with Gasteiger partial charge in [-0.25, -0.2) is 19.2 Å². The lowest BCUT2D eigenvalue weighted by molar-refractivity contribution is -0.234. The Morgan fingerprint density at radius 1 is 0.828 bits per heavy atom. The van der Waals surface area contributed by atoms with Gasteiger partial charge in [-0.3, -0.25) is 0 Å². The molecule has 1 amide bonds. The first-order valence-corrected chi connectivity index (χ1v) is 19.4. The summed E-state index contributed by atoms with van der Waals surface area (Å²) in [6, 6.07) is 25.2. The molecule has 4 atom stereocenters. The number of carbonyl (C=O) groups excluding carboxylic acids is 3. The van der Waals surface area contributed by atoms with E-state index in [-0.39, 0.29) is 61.2 Å². The van der Waals surface area contributed by atoms with Crippen molar-refractivity contribution in [1.82, 2.24) is 9.88 Å². The van der Waals surface area contributed by atoms with Crippen LogP contribution in [-0.2, 0) is 36.9 Å². The Kier molecular flexibility index (Phi) is 12.7. The van der Waals surface area contributed by atoms with Gasteiger partial charge in [-0.1, -0.05) is 60.7 Å². The van der Waals surface area contributed by atoms with Gasteiger partial charge in [0.25, 0.3) is 0 Å². The van der Waals surface area contributed by atoms with Crippen LogP contribution in [0.5, 0.6) is 11.5 Å². The summed E-state index contributed by atoms with van der Waals surface area (Å²) in [6.45, 7) is 5.70. The van der Waals surface area contributed by atoms with Gasteiger partial charge < -0.3 is 47.5 Å². The third-order valence-corrected chi connectivity index (χ3v) is 9.96. The van der Waals surface area contributed by atoms with Crippen LogP contribution in [0.1, 0.15) is 69.4 Å². The van der Waals surface area contributed by atoms with Gasteiger partial charge in [0.1, 0.15) is 48.6 Å². The summed E-state index contributed by atoms with van der Waals surface area (Å²) in [5.41, 5.74) is 1.84. The monoisotopic (exact) mass is 794 g/mol. The first-order chi connectivity index (χ1) is 28.2. The van der Waals surface area contributed by atoms with Crippen LogP contribution in [0.25, 0.3) is 11.0 Å². The third kappa shape index (κ3) is 9.35. The minimum Gasteiger partial charge on any atom is -0.487 e. The Morgan fingerprint density at radius 2 is 1.55 bits per heavy atom. The predicted octanol–water partition coefficient (Wildman–Crippen LogP) is 7.03. The Hall–Kier alpha value is -6.12. The zero-order valence-corrected chi connectivity index (χ0v) is 32.6. The highest BCUT2D eigenvalue weighted by molar-refractivity contribution is 6.00. The van der Waals surface area contributed by atoms with Crippen molar-refractivity contribution in [1.29, 1.82) is 0 Å². The summed E-state index contributed by atoms with van der Waals surface area (Å²) >= 11 is 0. The van der Waals surface area contributed by atoms with Crippen molar-refractivity contribution in [3.05, 3.63) is 129 Å². The lowest BCUT2D eigenvalue weighted by atomic mass is 10.0. The van der Waals surface area contributed by atoms with E-state index < -0.39 is 48.3 Å². The van der Waals surface area contributed by atoms with Crippen LogP contribution in [0.3, 0.4) is 0 Å². The molecule has 3 aromatic carbocycles. The second-order valence-electron chi connectivity index (χ2n) is 14.2. The Morgan fingerprint density at radius 3 is 2.22 bits per heavy atom. The number of amides is 1. The highest BCUT2D eigenvalue weighted by atomic mass is 16.7. The van der Waals surface area contributed by atoms with Crippen molar-refractivity contribution in [3.63, 3.8) is 0 Å².